The summed E-state index contributed by atoms with van der Waals surface area (Å²) in [7, 11) is -5.03. The average Bonchev–Trinajstić information content (AvgIpc) is 2.52. The number of benzene rings is 1. The first-order chi connectivity index (χ1) is 11.1. The maximum atomic E-state index is 12.7. The Bertz CT molecular complexity index is 760. The highest BCUT2D eigenvalue weighted by molar-refractivity contribution is 7.90. The Kier molecular flexibility index (Phi) is 5.90. The van der Waals surface area contributed by atoms with Crippen LogP contribution in [0, 0.1) is 0 Å². The number of rotatable bonds is 6. The van der Waals surface area contributed by atoms with Crippen molar-refractivity contribution >= 4 is 25.5 Å². The second-order valence-corrected chi connectivity index (χ2v) is 10.6. The van der Waals surface area contributed by atoms with Gasteiger partial charge in [0, 0.05) is 38.1 Å². The van der Waals surface area contributed by atoms with Crippen LogP contribution in [0.3, 0.4) is 0 Å². The van der Waals surface area contributed by atoms with Gasteiger partial charge in [-0.3, -0.25) is 0 Å². The Morgan fingerprint density at radius 2 is 1.83 bits per heavy atom. The zero-order valence-electron chi connectivity index (χ0n) is 14.1. The minimum Gasteiger partial charge on any atom is -0.399 e. The molecule has 0 aromatic heterocycles. The molecule has 136 valence electrons. The molecule has 1 unspecified atom stereocenters. The molecule has 0 spiro atoms. The lowest BCUT2D eigenvalue weighted by Crippen LogP contribution is -2.49. The second kappa shape index (κ2) is 7.38. The van der Waals surface area contributed by atoms with Crippen LogP contribution in [-0.4, -0.2) is 70.8 Å². The minimum atomic E-state index is -3.59. The van der Waals surface area contributed by atoms with Gasteiger partial charge in [0.15, 0.2) is 0 Å². The number of piperidine rings is 1. The summed E-state index contributed by atoms with van der Waals surface area (Å²) in [6.07, 6.45) is 2.82. The Hall–Kier alpha value is -1.16. The molecule has 1 aliphatic rings. The lowest BCUT2D eigenvalue weighted by Gasteiger charge is -2.36. The van der Waals surface area contributed by atoms with Crippen molar-refractivity contribution in [2.75, 3.05) is 44.4 Å². The number of likely N-dealkylation sites (tertiary alicyclic amines) is 1. The average molecular weight is 376 g/mol. The second-order valence-electron chi connectivity index (χ2n) is 6.32. The molecule has 0 radical (unpaired) electrons. The molecule has 0 aliphatic carbocycles. The molecule has 0 saturated carbocycles. The first-order valence-electron chi connectivity index (χ1n) is 7.83. The van der Waals surface area contributed by atoms with Crippen LogP contribution in [0.1, 0.15) is 12.8 Å². The molecule has 7 nitrogen and oxygen atoms in total. The maximum Gasteiger partial charge on any atom is 0.243 e. The van der Waals surface area contributed by atoms with Gasteiger partial charge in [0.2, 0.25) is 10.0 Å². The van der Waals surface area contributed by atoms with Crippen LogP contribution in [0.15, 0.2) is 29.2 Å². The fourth-order valence-corrected chi connectivity index (χ4v) is 4.80. The van der Waals surface area contributed by atoms with Crippen LogP contribution in [0.2, 0.25) is 0 Å². The van der Waals surface area contributed by atoms with E-state index in [1.165, 1.54) is 22.7 Å². The number of sulfone groups is 1. The van der Waals surface area contributed by atoms with Gasteiger partial charge < -0.3 is 10.6 Å². The van der Waals surface area contributed by atoms with Crippen molar-refractivity contribution < 1.29 is 16.8 Å². The monoisotopic (exact) mass is 375 g/mol. The van der Waals surface area contributed by atoms with E-state index in [2.05, 4.69) is 0 Å². The predicted octanol–water partition coefficient (Wildman–Crippen LogP) is 0.398. The molecule has 1 aliphatic heterocycles. The summed E-state index contributed by atoms with van der Waals surface area (Å²) >= 11 is 0. The fourth-order valence-electron chi connectivity index (χ4n) is 2.83. The SMILES string of the molecule is CN(C1CCCN(CCS(C)(=O)=O)C1)S(=O)(=O)c1ccc(N)cc1. The number of anilines is 1. The van der Waals surface area contributed by atoms with Crippen LogP contribution in [0.4, 0.5) is 5.69 Å². The topological polar surface area (TPSA) is 101 Å². The summed E-state index contributed by atoms with van der Waals surface area (Å²) < 4.78 is 49.5. The lowest BCUT2D eigenvalue weighted by atomic mass is 10.1. The molecule has 0 bridgehead atoms. The number of likely N-dealkylation sites (N-methyl/N-ethyl adjacent to an activating group) is 1. The summed E-state index contributed by atoms with van der Waals surface area (Å²) in [4.78, 5) is 2.23. The smallest absolute Gasteiger partial charge is 0.243 e. The van der Waals surface area contributed by atoms with Crippen LogP contribution in [0.5, 0.6) is 0 Å². The fraction of sp³-hybridized carbons (Fsp3) is 0.600. The van der Waals surface area contributed by atoms with E-state index in [4.69, 9.17) is 5.73 Å². The highest BCUT2D eigenvalue weighted by atomic mass is 32.2. The zero-order chi connectivity index (χ0) is 18.0. The van der Waals surface area contributed by atoms with Crippen LogP contribution < -0.4 is 5.73 Å². The van der Waals surface area contributed by atoms with E-state index < -0.39 is 19.9 Å². The summed E-state index contributed by atoms with van der Waals surface area (Å²) in [5.41, 5.74) is 6.13. The van der Waals surface area contributed by atoms with Gasteiger partial charge in [-0.05, 0) is 43.7 Å². The molecule has 2 rings (SSSR count). The van der Waals surface area contributed by atoms with Gasteiger partial charge >= 0.3 is 0 Å². The highest BCUT2D eigenvalue weighted by Gasteiger charge is 2.31. The van der Waals surface area contributed by atoms with E-state index >= 15 is 0 Å². The van der Waals surface area contributed by atoms with E-state index in [1.807, 2.05) is 4.90 Å². The first-order valence-corrected chi connectivity index (χ1v) is 11.3. The number of hydrogen-bond acceptors (Lipinski definition) is 6. The zero-order valence-corrected chi connectivity index (χ0v) is 15.7. The van der Waals surface area contributed by atoms with Crippen LogP contribution in [-0.2, 0) is 19.9 Å². The van der Waals surface area contributed by atoms with Crippen LogP contribution in [0.25, 0.3) is 0 Å². The van der Waals surface area contributed by atoms with Crippen molar-refractivity contribution in [3.05, 3.63) is 24.3 Å². The molecule has 2 N–H and O–H groups in total. The molecule has 1 atom stereocenters. The molecular weight excluding hydrogens is 350 g/mol. The molecule has 0 amide bonds. The van der Waals surface area contributed by atoms with Gasteiger partial charge in [-0.15, -0.1) is 0 Å². The van der Waals surface area contributed by atoms with Crippen molar-refractivity contribution in [3.63, 3.8) is 0 Å². The van der Waals surface area contributed by atoms with Crippen molar-refractivity contribution in [1.29, 1.82) is 0 Å². The van der Waals surface area contributed by atoms with E-state index in [0.717, 1.165) is 19.4 Å². The molecule has 1 aromatic carbocycles. The van der Waals surface area contributed by atoms with E-state index in [0.29, 0.717) is 18.8 Å². The predicted molar refractivity (Wildman–Crippen MR) is 95.0 cm³/mol. The lowest BCUT2D eigenvalue weighted by molar-refractivity contribution is 0.166. The minimum absolute atomic E-state index is 0.0914. The maximum absolute atomic E-state index is 12.7. The Morgan fingerprint density at radius 3 is 2.42 bits per heavy atom. The van der Waals surface area contributed by atoms with E-state index in [9.17, 15) is 16.8 Å². The Labute approximate surface area is 144 Å². The number of sulfonamides is 1. The van der Waals surface area contributed by atoms with Crippen molar-refractivity contribution in [2.45, 2.75) is 23.8 Å². The van der Waals surface area contributed by atoms with Crippen molar-refractivity contribution in [2.24, 2.45) is 0 Å². The Morgan fingerprint density at radius 1 is 1.21 bits per heavy atom. The Balaban J connectivity index is 2.07. The largest absolute Gasteiger partial charge is 0.399 e. The van der Waals surface area contributed by atoms with Crippen molar-refractivity contribution in [3.8, 4) is 0 Å². The standard InChI is InChI=1S/C15H25N3O4S2/c1-17(24(21,22)15-7-5-13(16)6-8-15)14-4-3-9-18(12-14)10-11-23(2,19)20/h5-8,14H,3-4,9-12,16H2,1-2H3. The van der Waals surface area contributed by atoms with Gasteiger partial charge in [0.05, 0.1) is 10.6 Å². The molecule has 1 fully saturated rings. The third-order valence-corrected chi connectivity index (χ3v) is 7.18. The molecule has 1 heterocycles. The first kappa shape index (κ1) is 19.2. The summed E-state index contributed by atoms with van der Waals surface area (Å²) in [6.45, 7) is 1.77. The molecule has 9 heteroatoms. The summed E-state index contributed by atoms with van der Waals surface area (Å²) in [5.74, 6) is 0.0914. The quantitative estimate of drug-likeness (QED) is 0.722. The number of nitrogen functional groups attached to an aromatic ring is 1. The third kappa shape index (κ3) is 4.92. The normalized spacial score (nSPS) is 20.4. The van der Waals surface area contributed by atoms with Gasteiger partial charge in [-0.1, -0.05) is 0 Å². The van der Waals surface area contributed by atoms with Gasteiger partial charge in [0.25, 0.3) is 0 Å². The summed E-state index contributed by atoms with van der Waals surface area (Å²) in [6, 6.07) is 5.98. The van der Waals surface area contributed by atoms with Gasteiger partial charge in [0.1, 0.15) is 9.84 Å². The molecular formula is C15H25N3O4S2. The molecule has 1 aromatic rings. The molecule has 1 saturated heterocycles. The van der Waals surface area contributed by atoms with Gasteiger partial charge in [-0.25, -0.2) is 16.8 Å². The number of nitrogens with two attached hydrogens (primary N) is 1. The van der Waals surface area contributed by atoms with Gasteiger partial charge in [-0.2, -0.15) is 4.31 Å². The number of nitrogens with zero attached hydrogens (tertiary/aromatic N) is 2. The van der Waals surface area contributed by atoms with Crippen molar-refractivity contribution in [1.82, 2.24) is 9.21 Å². The van der Waals surface area contributed by atoms with E-state index in [-0.39, 0.29) is 16.7 Å². The number of hydrogen-bond donors (Lipinski definition) is 1. The van der Waals surface area contributed by atoms with E-state index in [1.54, 1.807) is 19.2 Å². The summed E-state index contributed by atoms with van der Waals surface area (Å²) in [5, 5.41) is 0. The highest BCUT2D eigenvalue weighted by Crippen LogP contribution is 2.22. The third-order valence-electron chi connectivity index (χ3n) is 4.33. The van der Waals surface area contributed by atoms with Crippen LogP contribution >= 0.6 is 0 Å². The molecule has 24 heavy (non-hydrogen) atoms.